The van der Waals surface area contributed by atoms with Crippen LogP contribution in [0.1, 0.15) is 37.4 Å². The van der Waals surface area contributed by atoms with Gasteiger partial charge in [-0.15, -0.1) is 0 Å². The lowest BCUT2D eigenvalue weighted by Crippen LogP contribution is -2.41. The van der Waals surface area contributed by atoms with E-state index in [1.807, 2.05) is 56.3 Å². The van der Waals surface area contributed by atoms with Gasteiger partial charge in [0.05, 0.1) is 19.6 Å². The molecule has 1 N–H and O–H groups in total. The monoisotopic (exact) mass is 403 g/mol. The van der Waals surface area contributed by atoms with Crippen LogP contribution in [0.2, 0.25) is 0 Å². The zero-order valence-electron chi connectivity index (χ0n) is 14.6. The molecule has 0 bridgehead atoms. The van der Waals surface area contributed by atoms with E-state index in [0.717, 1.165) is 27.1 Å². The maximum absolute atomic E-state index is 12.6. The van der Waals surface area contributed by atoms with Crippen molar-refractivity contribution >= 4 is 21.8 Å². The van der Waals surface area contributed by atoms with Crippen molar-refractivity contribution in [2.45, 2.75) is 38.3 Å². The molecule has 1 atom stereocenters. The molecular formula is C20H22BrNO3. The second-order valence-corrected chi connectivity index (χ2v) is 7.81. The highest BCUT2D eigenvalue weighted by Gasteiger charge is 2.34. The minimum absolute atomic E-state index is 0.00503. The molecule has 0 saturated carbocycles. The van der Waals surface area contributed by atoms with Crippen molar-refractivity contribution in [2.75, 3.05) is 7.11 Å². The zero-order chi connectivity index (χ0) is 18.0. The van der Waals surface area contributed by atoms with Gasteiger partial charge in [0.1, 0.15) is 17.1 Å². The molecule has 0 unspecified atom stereocenters. The first kappa shape index (κ1) is 17.8. The Morgan fingerprint density at radius 2 is 2.12 bits per heavy atom. The Labute approximate surface area is 156 Å². The third-order valence-electron chi connectivity index (χ3n) is 4.26. The van der Waals surface area contributed by atoms with E-state index in [4.69, 9.17) is 9.47 Å². The van der Waals surface area contributed by atoms with Gasteiger partial charge in [0, 0.05) is 16.5 Å². The molecule has 2 aromatic rings. The fraction of sp³-hybridized carbons (Fsp3) is 0.350. The third-order valence-corrected chi connectivity index (χ3v) is 4.76. The van der Waals surface area contributed by atoms with Crippen LogP contribution >= 0.6 is 15.9 Å². The fourth-order valence-electron chi connectivity index (χ4n) is 3.17. The highest BCUT2D eigenvalue weighted by atomic mass is 79.9. The molecule has 1 aliphatic heterocycles. The van der Waals surface area contributed by atoms with Crippen LogP contribution in [0.3, 0.4) is 0 Å². The molecule has 0 spiro atoms. The van der Waals surface area contributed by atoms with E-state index in [9.17, 15) is 4.79 Å². The summed E-state index contributed by atoms with van der Waals surface area (Å²) in [7, 11) is 1.64. The number of halogens is 1. The van der Waals surface area contributed by atoms with Crippen LogP contribution < -0.4 is 14.8 Å². The van der Waals surface area contributed by atoms with Crippen LogP contribution in [0, 0.1) is 0 Å². The smallest absolute Gasteiger partial charge is 0.224 e. The van der Waals surface area contributed by atoms with E-state index >= 15 is 0 Å². The van der Waals surface area contributed by atoms with Crippen LogP contribution in [-0.2, 0) is 11.2 Å². The number of carbonyl (C=O) groups excluding carboxylic acids is 1. The van der Waals surface area contributed by atoms with Crippen LogP contribution in [0.4, 0.5) is 0 Å². The summed E-state index contributed by atoms with van der Waals surface area (Å²) in [5.74, 6) is 1.55. The predicted octanol–water partition coefficient (Wildman–Crippen LogP) is 4.42. The molecule has 0 aromatic heterocycles. The molecule has 1 heterocycles. The standard InChI is InChI=1S/C20H22BrNO3/c1-20(2)12-17(16-11-15(24-3)7-8-18(16)25-20)22-19(23)10-13-5-4-6-14(21)9-13/h4-9,11,17H,10,12H2,1-3H3,(H,22,23)/t17-/m0/s1. The van der Waals surface area contributed by atoms with Crippen LogP contribution in [0.15, 0.2) is 46.9 Å². The molecule has 4 nitrogen and oxygen atoms in total. The van der Waals surface area contributed by atoms with E-state index in [2.05, 4.69) is 21.2 Å². The lowest BCUT2D eigenvalue weighted by molar-refractivity contribution is -0.121. The molecule has 1 aliphatic rings. The van der Waals surface area contributed by atoms with Gasteiger partial charge in [-0.2, -0.15) is 0 Å². The van der Waals surface area contributed by atoms with E-state index in [1.54, 1.807) is 7.11 Å². The SMILES string of the molecule is COc1ccc2c(c1)[C@@H](NC(=O)Cc1cccc(Br)c1)CC(C)(C)O2. The predicted molar refractivity (Wildman–Crippen MR) is 101 cm³/mol. The van der Waals surface area contributed by atoms with Crippen molar-refractivity contribution in [1.82, 2.24) is 5.32 Å². The molecule has 132 valence electrons. The maximum atomic E-state index is 12.6. The average molecular weight is 404 g/mol. The fourth-order valence-corrected chi connectivity index (χ4v) is 3.61. The Balaban J connectivity index is 1.80. The number of rotatable bonds is 4. The summed E-state index contributed by atoms with van der Waals surface area (Å²) in [6.07, 6.45) is 1.05. The Kier molecular flexibility index (Phi) is 5.04. The molecule has 0 radical (unpaired) electrons. The van der Waals surface area contributed by atoms with E-state index in [-0.39, 0.29) is 17.6 Å². The Hall–Kier alpha value is -2.01. The van der Waals surface area contributed by atoms with E-state index in [0.29, 0.717) is 12.8 Å². The Morgan fingerprint density at radius 1 is 1.32 bits per heavy atom. The van der Waals surface area contributed by atoms with Crippen molar-refractivity contribution in [3.63, 3.8) is 0 Å². The molecule has 2 aromatic carbocycles. The summed E-state index contributed by atoms with van der Waals surface area (Å²) in [6, 6.07) is 13.4. The number of amides is 1. The first-order chi connectivity index (χ1) is 11.9. The van der Waals surface area contributed by atoms with Crippen molar-refractivity contribution in [3.05, 3.63) is 58.1 Å². The summed E-state index contributed by atoms with van der Waals surface area (Å²) >= 11 is 3.44. The van der Waals surface area contributed by atoms with E-state index < -0.39 is 0 Å². The average Bonchev–Trinajstić information content (AvgIpc) is 2.53. The first-order valence-electron chi connectivity index (χ1n) is 8.27. The normalized spacial score (nSPS) is 18.0. The number of nitrogens with one attached hydrogen (secondary N) is 1. The van der Waals surface area contributed by atoms with Crippen LogP contribution in [-0.4, -0.2) is 18.6 Å². The molecule has 3 rings (SSSR count). The van der Waals surface area contributed by atoms with Gasteiger partial charge in [0.2, 0.25) is 5.91 Å². The third kappa shape index (κ3) is 4.34. The maximum Gasteiger partial charge on any atom is 0.224 e. The molecular weight excluding hydrogens is 382 g/mol. The Morgan fingerprint density at radius 3 is 2.84 bits per heavy atom. The summed E-state index contributed by atoms with van der Waals surface area (Å²) in [6.45, 7) is 4.07. The van der Waals surface area contributed by atoms with Gasteiger partial charge in [-0.3, -0.25) is 4.79 Å². The summed E-state index contributed by atoms with van der Waals surface area (Å²) in [5, 5.41) is 3.16. The number of hydrogen-bond donors (Lipinski definition) is 1. The lowest BCUT2D eigenvalue weighted by atomic mass is 9.89. The number of fused-ring (bicyclic) bond motifs is 1. The topological polar surface area (TPSA) is 47.6 Å². The quantitative estimate of drug-likeness (QED) is 0.821. The number of methoxy groups -OCH3 is 1. The van der Waals surface area contributed by atoms with Gasteiger partial charge in [0.15, 0.2) is 0 Å². The van der Waals surface area contributed by atoms with Gasteiger partial charge in [-0.1, -0.05) is 28.1 Å². The van der Waals surface area contributed by atoms with Crippen molar-refractivity contribution in [2.24, 2.45) is 0 Å². The molecule has 0 aliphatic carbocycles. The van der Waals surface area contributed by atoms with Crippen molar-refractivity contribution in [1.29, 1.82) is 0 Å². The van der Waals surface area contributed by atoms with Gasteiger partial charge in [-0.05, 0) is 49.7 Å². The van der Waals surface area contributed by atoms with Gasteiger partial charge < -0.3 is 14.8 Å². The number of hydrogen-bond acceptors (Lipinski definition) is 3. The molecule has 1 amide bonds. The van der Waals surface area contributed by atoms with Crippen molar-refractivity contribution in [3.8, 4) is 11.5 Å². The minimum Gasteiger partial charge on any atom is -0.497 e. The molecule has 25 heavy (non-hydrogen) atoms. The highest BCUT2D eigenvalue weighted by molar-refractivity contribution is 9.10. The summed E-state index contributed by atoms with van der Waals surface area (Å²) < 4.78 is 12.3. The minimum atomic E-state index is -0.338. The van der Waals surface area contributed by atoms with Gasteiger partial charge in [-0.25, -0.2) is 0 Å². The number of benzene rings is 2. The molecule has 0 fully saturated rings. The molecule has 0 saturated heterocycles. The second kappa shape index (κ2) is 7.08. The lowest BCUT2D eigenvalue weighted by Gasteiger charge is -2.38. The summed E-state index contributed by atoms with van der Waals surface area (Å²) in [4.78, 5) is 12.6. The Bertz CT molecular complexity index is 788. The number of carbonyl (C=O) groups is 1. The largest absolute Gasteiger partial charge is 0.497 e. The van der Waals surface area contributed by atoms with Gasteiger partial charge in [0.25, 0.3) is 0 Å². The second-order valence-electron chi connectivity index (χ2n) is 6.90. The van der Waals surface area contributed by atoms with Crippen LogP contribution in [0.5, 0.6) is 11.5 Å². The number of ether oxygens (including phenoxy) is 2. The highest BCUT2D eigenvalue weighted by Crippen LogP contribution is 2.41. The molecule has 5 heteroatoms. The summed E-state index contributed by atoms with van der Waals surface area (Å²) in [5.41, 5.74) is 1.60. The van der Waals surface area contributed by atoms with Gasteiger partial charge >= 0.3 is 0 Å². The van der Waals surface area contributed by atoms with Crippen molar-refractivity contribution < 1.29 is 14.3 Å². The van der Waals surface area contributed by atoms with Crippen LogP contribution in [0.25, 0.3) is 0 Å². The first-order valence-corrected chi connectivity index (χ1v) is 9.06. The zero-order valence-corrected chi connectivity index (χ0v) is 16.2. The van der Waals surface area contributed by atoms with E-state index in [1.165, 1.54) is 0 Å².